The van der Waals surface area contributed by atoms with Crippen molar-refractivity contribution < 1.29 is 13.2 Å². The molecule has 0 aliphatic carbocycles. The largest absolute Gasteiger partial charge is 0.416 e. The van der Waals surface area contributed by atoms with Gasteiger partial charge in [0.25, 0.3) is 0 Å². The minimum absolute atomic E-state index is 0.00925. The first kappa shape index (κ1) is 18.5. The first-order valence-electron chi connectivity index (χ1n) is 6.83. The molecule has 120 valence electrons. The maximum Gasteiger partial charge on any atom is 0.416 e. The van der Waals surface area contributed by atoms with Crippen LogP contribution in [-0.2, 0) is 12.7 Å². The second kappa shape index (κ2) is 7.11. The molecule has 1 atom stereocenters. The maximum absolute atomic E-state index is 13.0. The normalized spacial score (nSPS) is 14.3. The lowest BCUT2D eigenvalue weighted by molar-refractivity contribution is -0.138. The van der Waals surface area contributed by atoms with E-state index in [2.05, 4.69) is 47.3 Å². The van der Waals surface area contributed by atoms with Crippen LogP contribution in [0.3, 0.4) is 0 Å². The zero-order valence-corrected chi connectivity index (χ0v) is 14.3. The van der Waals surface area contributed by atoms with Crippen molar-refractivity contribution in [1.29, 1.82) is 0 Å². The van der Waals surface area contributed by atoms with Crippen LogP contribution >= 0.6 is 15.9 Å². The Hall–Kier alpha value is -0.590. The Morgan fingerprint density at radius 1 is 1.19 bits per heavy atom. The average molecular weight is 367 g/mol. The number of alkyl halides is 3. The van der Waals surface area contributed by atoms with E-state index in [0.717, 1.165) is 6.07 Å². The van der Waals surface area contributed by atoms with Gasteiger partial charge < -0.3 is 10.6 Å². The van der Waals surface area contributed by atoms with Crippen LogP contribution in [0, 0.1) is 0 Å². The van der Waals surface area contributed by atoms with Crippen LogP contribution in [0.25, 0.3) is 0 Å². The van der Waals surface area contributed by atoms with Crippen molar-refractivity contribution in [2.24, 2.45) is 0 Å². The Bertz CT molecular complexity index is 467. The number of hydrogen-bond acceptors (Lipinski definition) is 2. The van der Waals surface area contributed by atoms with Crippen molar-refractivity contribution in [3.8, 4) is 0 Å². The number of benzene rings is 1. The van der Waals surface area contributed by atoms with E-state index < -0.39 is 11.7 Å². The quantitative estimate of drug-likeness (QED) is 0.809. The van der Waals surface area contributed by atoms with Gasteiger partial charge in [-0.2, -0.15) is 13.2 Å². The van der Waals surface area contributed by atoms with Crippen LogP contribution in [0.4, 0.5) is 13.2 Å². The van der Waals surface area contributed by atoms with E-state index in [9.17, 15) is 13.2 Å². The molecule has 0 bridgehead atoms. The summed E-state index contributed by atoms with van der Waals surface area (Å²) in [6, 6.07) is 4.33. The molecule has 21 heavy (non-hydrogen) atoms. The highest BCUT2D eigenvalue weighted by molar-refractivity contribution is 9.10. The topological polar surface area (TPSA) is 24.1 Å². The van der Waals surface area contributed by atoms with Crippen LogP contribution in [0.1, 0.15) is 38.8 Å². The smallest absolute Gasteiger partial charge is 0.311 e. The van der Waals surface area contributed by atoms with Gasteiger partial charge in [-0.3, -0.25) is 0 Å². The third-order valence-electron chi connectivity index (χ3n) is 2.96. The second-order valence-corrected chi connectivity index (χ2v) is 7.13. The highest BCUT2D eigenvalue weighted by Crippen LogP contribution is 2.33. The monoisotopic (exact) mass is 366 g/mol. The van der Waals surface area contributed by atoms with Gasteiger partial charge in [0, 0.05) is 29.1 Å². The lowest BCUT2D eigenvalue weighted by Crippen LogP contribution is -2.44. The molecule has 0 spiro atoms. The van der Waals surface area contributed by atoms with E-state index >= 15 is 0 Å². The van der Waals surface area contributed by atoms with Gasteiger partial charge in [0.15, 0.2) is 0 Å². The Labute approximate surface area is 132 Å². The van der Waals surface area contributed by atoms with Gasteiger partial charge in [-0.15, -0.1) is 0 Å². The van der Waals surface area contributed by atoms with Crippen LogP contribution in [0.2, 0.25) is 0 Å². The fraction of sp³-hybridized carbons (Fsp3) is 0.600. The predicted molar refractivity (Wildman–Crippen MR) is 83.2 cm³/mol. The van der Waals surface area contributed by atoms with Crippen molar-refractivity contribution in [3.05, 3.63) is 33.8 Å². The molecule has 1 aromatic carbocycles. The maximum atomic E-state index is 13.0. The Morgan fingerprint density at radius 2 is 1.81 bits per heavy atom. The van der Waals surface area contributed by atoms with Gasteiger partial charge in [0.2, 0.25) is 0 Å². The van der Waals surface area contributed by atoms with Crippen LogP contribution in [0.5, 0.6) is 0 Å². The highest BCUT2D eigenvalue weighted by Gasteiger charge is 2.33. The van der Waals surface area contributed by atoms with Gasteiger partial charge in [0.05, 0.1) is 5.56 Å². The van der Waals surface area contributed by atoms with E-state index in [0.29, 0.717) is 11.0 Å². The summed E-state index contributed by atoms with van der Waals surface area (Å²) in [4.78, 5) is 0. The first-order chi connectivity index (χ1) is 9.49. The Balaban J connectivity index is 2.67. The molecule has 0 aliphatic heterocycles. The molecule has 0 heterocycles. The third-order valence-corrected chi connectivity index (χ3v) is 3.45. The summed E-state index contributed by atoms with van der Waals surface area (Å²) < 4.78 is 39.4. The van der Waals surface area contributed by atoms with Crippen molar-refractivity contribution in [2.45, 2.75) is 52.0 Å². The molecule has 6 heteroatoms. The van der Waals surface area contributed by atoms with Crippen LogP contribution in [-0.4, -0.2) is 18.1 Å². The molecule has 0 aromatic heterocycles. The van der Waals surface area contributed by atoms with E-state index in [1.54, 1.807) is 6.07 Å². The number of hydrogen-bond donors (Lipinski definition) is 2. The van der Waals surface area contributed by atoms with E-state index in [1.807, 2.05) is 6.92 Å². The number of halogens is 4. The summed E-state index contributed by atoms with van der Waals surface area (Å²) in [5.74, 6) is 0. The summed E-state index contributed by atoms with van der Waals surface area (Å²) >= 11 is 3.09. The summed E-state index contributed by atoms with van der Waals surface area (Å²) in [6.45, 7) is 8.99. The van der Waals surface area contributed by atoms with Gasteiger partial charge in [0.1, 0.15) is 0 Å². The van der Waals surface area contributed by atoms with Crippen molar-refractivity contribution in [3.63, 3.8) is 0 Å². The van der Waals surface area contributed by atoms with E-state index in [4.69, 9.17) is 0 Å². The van der Waals surface area contributed by atoms with Gasteiger partial charge in [-0.1, -0.05) is 22.0 Å². The molecular weight excluding hydrogens is 345 g/mol. The third kappa shape index (κ3) is 6.80. The zero-order valence-electron chi connectivity index (χ0n) is 12.7. The number of rotatable bonds is 5. The SMILES string of the molecule is CC(CNC(C)(C)C)NCc1ccc(Br)cc1C(F)(F)F. The molecule has 1 unspecified atom stereocenters. The summed E-state index contributed by atoms with van der Waals surface area (Å²) in [6.07, 6.45) is -4.34. The molecule has 0 saturated carbocycles. The summed E-state index contributed by atoms with van der Waals surface area (Å²) in [5.41, 5.74) is -0.348. The van der Waals surface area contributed by atoms with Gasteiger partial charge >= 0.3 is 6.18 Å². The second-order valence-electron chi connectivity index (χ2n) is 6.21. The molecule has 2 N–H and O–H groups in total. The predicted octanol–water partition coefficient (Wildman–Crippen LogP) is 4.33. The molecule has 0 radical (unpaired) electrons. The lowest BCUT2D eigenvalue weighted by Gasteiger charge is -2.24. The van der Waals surface area contributed by atoms with E-state index in [-0.39, 0.29) is 23.7 Å². The Kier molecular flexibility index (Phi) is 6.25. The molecule has 0 fully saturated rings. The molecule has 0 aliphatic rings. The molecule has 1 aromatic rings. The minimum Gasteiger partial charge on any atom is -0.311 e. The molecule has 0 amide bonds. The lowest BCUT2D eigenvalue weighted by atomic mass is 10.1. The van der Waals surface area contributed by atoms with Gasteiger partial charge in [-0.05, 0) is 45.4 Å². The fourth-order valence-corrected chi connectivity index (χ4v) is 2.14. The average Bonchev–Trinajstić information content (AvgIpc) is 2.32. The standard InChI is InChI=1S/C15H22BrF3N2/c1-10(8-21-14(2,3)4)20-9-11-5-6-12(16)7-13(11)15(17,18)19/h5-7,10,20-21H,8-9H2,1-4H3. The van der Waals surface area contributed by atoms with Crippen molar-refractivity contribution in [1.82, 2.24) is 10.6 Å². The minimum atomic E-state index is -4.34. The highest BCUT2D eigenvalue weighted by atomic mass is 79.9. The zero-order chi connectivity index (χ0) is 16.3. The Morgan fingerprint density at radius 3 is 2.33 bits per heavy atom. The number of nitrogens with one attached hydrogen (secondary N) is 2. The molecule has 0 saturated heterocycles. The summed E-state index contributed by atoms with van der Waals surface area (Å²) in [5, 5.41) is 6.45. The molecular formula is C15H22BrF3N2. The van der Waals surface area contributed by atoms with Crippen LogP contribution in [0.15, 0.2) is 22.7 Å². The molecule has 1 rings (SSSR count). The van der Waals surface area contributed by atoms with Crippen molar-refractivity contribution >= 4 is 15.9 Å². The summed E-state index contributed by atoms with van der Waals surface area (Å²) in [7, 11) is 0. The van der Waals surface area contributed by atoms with Crippen molar-refractivity contribution in [2.75, 3.05) is 6.54 Å². The van der Waals surface area contributed by atoms with Gasteiger partial charge in [-0.25, -0.2) is 0 Å². The molecule has 2 nitrogen and oxygen atoms in total. The fourth-order valence-electron chi connectivity index (χ4n) is 1.78. The first-order valence-corrected chi connectivity index (χ1v) is 7.62. The van der Waals surface area contributed by atoms with Crippen LogP contribution < -0.4 is 10.6 Å². The van der Waals surface area contributed by atoms with E-state index in [1.165, 1.54) is 6.07 Å².